The fraction of sp³-hybridized carbons (Fsp3) is 0.217. The molecule has 1 unspecified atom stereocenters. The largest absolute Gasteiger partial charge is 0.397 e. The predicted molar refractivity (Wildman–Crippen MR) is 127 cm³/mol. The van der Waals surface area contributed by atoms with Crippen LogP contribution in [0.2, 0.25) is 5.02 Å². The average Bonchev–Trinajstić information content (AvgIpc) is 3.25. The highest BCUT2D eigenvalue weighted by atomic mass is 35.5. The van der Waals surface area contributed by atoms with Crippen LogP contribution >= 0.6 is 11.6 Å². The molecule has 2 heterocycles. The summed E-state index contributed by atoms with van der Waals surface area (Å²) in [7, 11) is 5.07. The van der Waals surface area contributed by atoms with Gasteiger partial charge >= 0.3 is 0 Å². The van der Waals surface area contributed by atoms with Crippen LogP contribution in [0.3, 0.4) is 0 Å². The summed E-state index contributed by atoms with van der Waals surface area (Å²) in [4.78, 5) is 28.0. The van der Waals surface area contributed by atoms with Crippen LogP contribution in [0.5, 0.6) is 0 Å². The van der Waals surface area contributed by atoms with E-state index < -0.39 is 6.04 Å². The first-order chi connectivity index (χ1) is 15.1. The van der Waals surface area contributed by atoms with Gasteiger partial charge in [0.2, 0.25) is 0 Å². The molecule has 0 fully saturated rings. The van der Waals surface area contributed by atoms with Gasteiger partial charge in [-0.1, -0.05) is 23.7 Å². The van der Waals surface area contributed by atoms with Crippen LogP contribution in [0.15, 0.2) is 42.6 Å². The van der Waals surface area contributed by atoms with Gasteiger partial charge in [-0.25, -0.2) is 5.84 Å². The molecule has 0 bridgehead atoms. The second-order valence-electron chi connectivity index (χ2n) is 7.93. The van der Waals surface area contributed by atoms with Crippen molar-refractivity contribution in [3.05, 3.63) is 75.6 Å². The Kier molecular flexibility index (Phi) is 5.36. The number of fused-ring (bicyclic) bond motifs is 1. The Hall–Kier alpha value is -3.49. The molecule has 0 saturated heterocycles. The third-order valence-electron chi connectivity index (χ3n) is 5.84. The molecule has 1 aromatic heterocycles. The van der Waals surface area contributed by atoms with Gasteiger partial charge in [-0.3, -0.25) is 14.5 Å². The number of nitrogen functional groups attached to an aromatic ring is 1. The number of rotatable bonds is 4. The highest BCUT2D eigenvalue weighted by molar-refractivity contribution is 6.30. The van der Waals surface area contributed by atoms with Gasteiger partial charge in [0.25, 0.3) is 11.8 Å². The molecule has 5 N–H and O–H groups in total. The Labute approximate surface area is 191 Å². The molecule has 2 amide bonds. The van der Waals surface area contributed by atoms with Gasteiger partial charge in [-0.2, -0.15) is 0 Å². The maximum absolute atomic E-state index is 13.8. The van der Waals surface area contributed by atoms with Gasteiger partial charge in [-0.15, -0.1) is 0 Å². The minimum absolute atomic E-state index is 0.269. The quantitative estimate of drug-likeness (QED) is 0.320. The van der Waals surface area contributed by atoms with Crippen molar-refractivity contribution in [2.75, 3.05) is 29.7 Å². The van der Waals surface area contributed by atoms with Crippen molar-refractivity contribution in [3.8, 4) is 0 Å². The SMILES string of the molecule is CNC(=O)c1cn(C)c2c1C(=O)N(c1cc(C)c(N)c(N(C)N)c1)C2c1ccc(Cl)cc1. The lowest BCUT2D eigenvalue weighted by molar-refractivity contribution is 0.0943. The van der Waals surface area contributed by atoms with Gasteiger partial charge in [-0.05, 0) is 42.3 Å². The van der Waals surface area contributed by atoms with Gasteiger partial charge in [0.1, 0.15) is 6.04 Å². The van der Waals surface area contributed by atoms with E-state index in [2.05, 4.69) is 5.32 Å². The maximum atomic E-state index is 13.8. The van der Waals surface area contributed by atoms with Crippen LogP contribution in [0.25, 0.3) is 0 Å². The number of hydrogen-bond donors (Lipinski definition) is 3. The summed E-state index contributed by atoms with van der Waals surface area (Å²) in [5.41, 5.74) is 11.1. The molecule has 2 aromatic carbocycles. The van der Waals surface area contributed by atoms with Crippen molar-refractivity contribution in [3.63, 3.8) is 0 Å². The van der Waals surface area contributed by atoms with Crippen molar-refractivity contribution in [1.82, 2.24) is 9.88 Å². The first kappa shape index (κ1) is 21.7. The Morgan fingerprint density at radius 3 is 2.47 bits per heavy atom. The molecule has 0 radical (unpaired) electrons. The highest BCUT2D eigenvalue weighted by Gasteiger charge is 2.44. The molecule has 1 aliphatic heterocycles. The van der Waals surface area contributed by atoms with E-state index in [1.165, 1.54) is 5.01 Å². The minimum Gasteiger partial charge on any atom is -0.397 e. The first-order valence-electron chi connectivity index (χ1n) is 10.0. The molecule has 3 aromatic rings. The number of aromatic nitrogens is 1. The van der Waals surface area contributed by atoms with E-state index in [-0.39, 0.29) is 11.8 Å². The summed E-state index contributed by atoms with van der Waals surface area (Å²) in [5.74, 6) is 5.41. The number of aryl methyl sites for hydroxylation is 2. The van der Waals surface area contributed by atoms with Gasteiger partial charge in [0.05, 0.1) is 28.2 Å². The smallest absolute Gasteiger partial charge is 0.261 e. The summed E-state index contributed by atoms with van der Waals surface area (Å²) in [5, 5.41) is 4.64. The molecular formula is C23H25ClN6O2. The van der Waals surface area contributed by atoms with Gasteiger partial charge in [0.15, 0.2) is 0 Å². The van der Waals surface area contributed by atoms with Crippen LogP contribution in [-0.4, -0.2) is 30.5 Å². The average molecular weight is 453 g/mol. The highest BCUT2D eigenvalue weighted by Crippen LogP contribution is 2.45. The number of nitrogens with zero attached hydrogens (tertiary/aromatic N) is 3. The predicted octanol–water partition coefficient (Wildman–Crippen LogP) is 2.99. The molecule has 4 rings (SSSR count). The molecule has 1 atom stereocenters. The van der Waals surface area contributed by atoms with E-state index in [4.69, 9.17) is 23.2 Å². The lowest BCUT2D eigenvalue weighted by Crippen LogP contribution is -2.32. The second-order valence-corrected chi connectivity index (χ2v) is 8.37. The number of carbonyl (C=O) groups excluding carboxylic acids is 2. The molecule has 32 heavy (non-hydrogen) atoms. The number of hydrazine groups is 1. The molecule has 8 nitrogen and oxygen atoms in total. The fourth-order valence-corrected chi connectivity index (χ4v) is 4.40. The van der Waals surface area contributed by atoms with E-state index in [0.29, 0.717) is 33.2 Å². The van der Waals surface area contributed by atoms with Gasteiger partial charge < -0.3 is 20.6 Å². The normalized spacial score (nSPS) is 15.1. The number of benzene rings is 2. The Morgan fingerprint density at radius 2 is 1.88 bits per heavy atom. The van der Waals surface area contributed by atoms with Crippen molar-refractivity contribution in [2.45, 2.75) is 13.0 Å². The van der Waals surface area contributed by atoms with Gasteiger partial charge in [0, 0.05) is 38.0 Å². The standard InChI is InChI=1S/C23H25ClN6O2/c1-12-9-15(10-17(19(12)25)29(4)26)30-20(13-5-7-14(24)8-6-13)21-18(23(30)32)16(11-28(21)3)22(31)27-2/h5-11,20H,25-26H2,1-4H3,(H,27,31). The zero-order chi connectivity index (χ0) is 23.3. The number of carbonyl (C=O) groups is 2. The number of hydrogen-bond acceptors (Lipinski definition) is 5. The maximum Gasteiger partial charge on any atom is 0.261 e. The second kappa shape index (κ2) is 7.89. The lowest BCUT2D eigenvalue weighted by Gasteiger charge is -2.29. The van der Waals surface area contributed by atoms with Crippen LogP contribution in [0.1, 0.15) is 43.6 Å². The van der Waals surface area contributed by atoms with Crippen molar-refractivity contribution < 1.29 is 9.59 Å². The van der Waals surface area contributed by atoms with Crippen molar-refractivity contribution in [2.24, 2.45) is 12.9 Å². The number of nitrogens with two attached hydrogens (primary N) is 2. The van der Waals surface area contributed by atoms with Crippen molar-refractivity contribution >= 4 is 40.5 Å². The van der Waals surface area contributed by atoms with Crippen LogP contribution in [-0.2, 0) is 7.05 Å². The zero-order valence-corrected chi connectivity index (χ0v) is 19.1. The molecular weight excluding hydrogens is 428 g/mol. The van der Waals surface area contributed by atoms with Crippen molar-refractivity contribution in [1.29, 1.82) is 0 Å². The number of amides is 2. The Balaban J connectivity index is 1.98. The van der Waals surface area contributed by atoms with E-state index >= 15 is 0 Å². The third kappa shape index (κ3) is 3.28. The summed E-state index contributed by atoms with van der Waals surface area (Å²) in [6.45, 7) is 1.87. The lowest BCUT2D eigenvalue weighted by atomic mass is 10.0. The summed E-state index contributed by atoms with van der Waals surface area (Å²) in [6, 6.07) is 10.5. The van der Waals surface area contributed by atoms with E-state index in [9.17, 15) is 9.59 Å². The number of halogens is 1. The van der Waals surface area contributed by atoms with E-state index in [0.717, 1.165) is 16.8 Å². The number of nitrogens with one attached hydrogen (secondary N) is 1. The molecule has 0 saturated carbocycles. The molecule has 166 valence electrons. The molecule has 9 heteroatoms. The summed E-state index contributed by atoms with van der Waals surface area (Å²) in [6.07, 6.45) is 1.69. The van der Waals surface area contributed by atoms with Crippen LogP contribution in [0, 0.1) is 6.92 Å². The zero-order valence-electron chi connectivity index (χ0n) is 18.3. The van der Waals surface area contributed by atoms with Crippen LogP contribution < -0.4 is 26.8 Å². The monoisotopic (exact) mass is 452 g/mol. The fourth-order valence-electron chi connectivity index (χ4n) is 4.27. The van der Waals surface area contributed by atoms with E-state index in [1.54, 1.807) is 43.4 Å². The Bertz CT molecular complexity index is 1230. The Morgan fingerprint density at radius 1 is 1.22 bits per heavy atom. The molecule has 1 aliphatic rings. The third-order valence-corrected chi connectivity index (χ3v) is 6.10. The van der Waals surface area contributed by atoms with Crippen LogP contribution in [0.4, 0.5) is 17.1 Å². The summed E-state index contributed by atoms with van der Waals surface area (Å²) >= 11 is 6.12. The van der Waals surface area contributed by atoms with E-state index in [1.807, 2.05) is 36.7 Å². The first-order valence-corrected chi connectivity index (χ1v) is 10.4. The molecule has 0 aliphatic carbocycles. The minimum atomic E-state index is -0.461. The topological polar surface area (TPSA) is 110 Å². The summed E-state index contributed by atoms with van der Waals surface area (Å²) < 4.78 is 1.83. The number of anilines is 3. The molecule has 0 spiro atoms.